The van der Waals surface area contributed by atoms with Gasteiger partial charge in [0, 0.05) is 25.2 Å². The molecule has 6 nitrogen and oxygen atoms in total. The van der Waals surface area contributed by atoms with E-state index in [0.29, 0.717) is 12.5 Å². The number of amides is 1. The second kappa shape index (κ2) is 11.4. The molecule has 6 unspecified atom stereocenters. The molecule has 4 aliphatic rings. The quantitative estimate of drug-likeness (QED) is 0.428. The zero-order valence-electron chi connectivity index (χ0n) is 21.8. The molecule has 6 heteroatoms. The maximum absolute atomic E-state index is 14.2. The summed E-state index contributed by atoms with van der Waals surface area (Å²) >= 11 is 0. The van der Waals surface area contributed by atoms with Crippen molar-refractivity contribution in [1.82, 2.24) is 21.3 Å². The summed E-state index contributed by atoms with van der Waals surface area (Å²) < 4.78 is 0. The summed E-state index contributed by atoms with van der Waals surface area (Å²) in [6, 6.07) is 10.4. The lowest BCUT2D eigenvalue weighted by Crippen LogP contribution is -2.54. The summed E-state index contributed by atoms with van der Waals surface area (Å²) in [5.74, 6) is 0.642. The molecule has 0 aromatic heterocycles. The third-order valence-corrected chi connectivity index (χ3v) is 8.99. The average Bonchev–Trinajstić information content (AvgIpc) is 3.54. The number of rotatable bonds is 9. The molecule has 2 aliphatic heterocycles. The standard InChI is InChI=1S/C30H42N4O2/c1-19(31-2)30(36)34-28(21-11-7-4-8-12-21)29(35)24-17-32-25-18-33-27-22(15-16-23(27)26(24)25)14-13-20-9-5-3-6-10-20/h3,5-6,9-10,15-16,19,21-22,24-25,27-28,31-33H,4,7-8,11-14,17-18H2,1-2H3,(H,34,36). The molecule has 6 atom stereocenters. The third kappa shape index (κ3) is 5.22. The first-order chi connectivity index (χ1) is 17.6. The highest BCUT2D eigenvalue weighted by molar-refractivity contribution is 5.94. The van der Waals surface area contributed by atoms with Crippen LogP contribution in [0.3, 0.4) is 0 Å². The van der Waals surface area contributed by atoms with Gasteiger partial charge in [0.25, 0.3) is 0 Å². The van der Waals surface area contributed by atoms with Gasteiger partial charge in [0.2, 0.25) is 5.91 Å². The molecule has 2 heterocycles. The molecule has 2 aliphatic carbocycles. The van der Waals surface area contributed by atoms with Crippen LogP contribution in [0.4, 0.5) is 0 Å². The predicted molar refractivity (Wildman–Crippen MR) is 144 cm³/mol. The van der Waals surface area contributed by atoms with Crippen molar-refractivity contribution in [2.75, 3.05) is 20.1 Å². The van der Waals surface area contributed by atoms with Crippen molar-refractivity contribution in [1.29, 1.82) is 0 Å². The number of fused-ring (bicyclic) bond motifs is 2. The molecule has 1 aromatic rings. The molecule has 194 valence electrons. The molecule has 0 radical (unpaired) electrons. The van der Waals surface area contributed by atoms with Gasteiger partial charge >= 0.3 is 0 Å². The number of ketones is 1. The lowest BCUT2D eigenvalue weighted by molar-refractivity contribution is -0.131. The maximum atomic E-state index is 14.2. The van der Waals surface area contributed by atoms with Crippen molar-refractivity contribution >= 4 is 11.7 Å². The Bertz CT molecular complexity index is 997. The number of Topliss-reactive ketones (excluding diaryl/α,β-unsaturated/α-hetero) is 1. The topological polar surface area (TPSA) is 82.3 Å². The third-order valence-electron chi connectivity index (χ3n) is 8.99. The van der Waals surface area contributed by atoms with Gasteiger partial charge in [-0.1, -0.05) is 61.7 Å². The van der Waals surface area contributed by atoms with E-state index in [9.17, 15) is 9.59 Å². The van der Waals surface area contributed by atoms with Crippen LogP contribution in [0.5, 0.6) is 0 Å². The van der Waals surface area contributed by atoms with Crippen LogP contribution >= 0.6 is 0 Å². The van der Waals surface area contributed by atoms with Crippen LogP contribution in [0.25, 0.3) is 0 Å². The van der Waals surface area contributed by atoms with Crippen molar-refractivity contribution in [3.05, 3.63) is 59.2 Å². The fourth-order valence-electron chi connectivity index (χ4n) is 6.77. The molecule has 0 spiro atoms. The SMILES string of the molecule is CNC(C)C(=O)NC(C(=O)C1CNC2CNC3C(=C21)C=CC3CCc1ccccc1)C1CCCCC1. The second-order valence-corrected chi connectivity index (χ2v) is 11.2. The Kier molecular flexibility index (Phi) is 8.04. The highest BCUT2D eigenvalue weighted by Gasteiger charge is 2.46. The number of hydrogen-bond donors (Lipinski definition) is 4. The van der Waals surface area contributed by atoms with Crippen LogP contribution in [-0.4, -0.2) is 56.0 Å². The minimum Gasteiger partial charge on any atom is -0.345 e. The molecule has 2 fully saturated rings. The van der Waals surface area contributed by atoms with Gasteiger partial charge in [0.05, 0.1) is 18.0 Å². The number of nitrogens with one attached hydrogen (secondary N) is 4. The summed E-state index contributed by atoms with van der Waals surface area (Å²) in [5, 5.41) is 13.6. The normalized spacial score (nSPS) is 29.5. The van der Waals surface area contributed by atoms with Crippen molar-refractivity contribution < 1.29 is 9.59 Å². The van der Waals surface area contributed by atoms with Gasteiger partial charge in [0.1, 0.15) is 0 Å². The van der Waals surface area contributed by atoms with E-state index in [-0.39, 0.29) is 41.7 Å². The van der Waals surface area contributed by atoms with Crippen LogP contribution in [0, 0.1) is 17.8 Å². The number of likely N-dealkylation sites (N-methyl/N-ethyl adjacent to an activating group) is 1. The van der Waals surface area contributed by atoms with Crippen LogP contribution < -0.4 is 21.3 Å². The summed E-state index contributed by atoms with van der Waals surface area (Å²) in [6.07, 6.45) is 12.3. The monoisotopic (exact) mass is 490 g/mol. The van der Waals surface area contributed by atoms with E-state index in [0.717, 1.165) is 45.1 Å². The molecule has 1 saturated carbocycles. The van der Waals surface area contributed by atoms with Gasteiger partial charge in [-0.3, -0.25) is 9.59 Å². The average molecular weight is 491 g/mol. The minimum atomic E-state index is -0.403. The van der Waals surface area contributed by atoms with E-state index in [1.54, 1.807) is 7.05 Å². The van der Waals surface area contributed by atoms with E-state index < -0.39 is 6.04 Å². The molecule has 1 saturated heterocycles. The van der Waals surface area contributed by atoms with E-state index >= 15 is 0 Å². The predicted octanol–water partition coefficient (Wildman–Crippen LogP) is 2.90. The van der Waals surface area contributed by atoms with Gasteiger partial charge in [0.15, 0.2) is 5.78 Å². The van der Waals surface area contributed by atoms with Crippen molar-refractivity contribution in [2.45, 2.75) is 76.0 Å². The Morgan fingerprint density at radius 2 is 1.83 bits per heavy atom. The van der Waals surface area contributed by atoms with Crippen molar-refractivity contribution in [3.8, 4) is 0 Å². The fraction of sp³-hybridized carbons (Fsp3) is 0.600. The Labute approximate surface area is 215 Å². The maximum Gasteiger partial charge on any atom is 0.237 e. The zero-order chi connectivity index (χ0) is 25.1. The van der Waals surface area contributed by atoms with Gasteiger partial charge < -0.3 is 21.3 Å². The largest absolute Gasteiger partial charge is 0.345 e. The summed E-state index contributed by atoms with van der Waals surface area (Å²) in [5.41, 5.74) is 3.96. The van der Waals surface area contributed by atoms with Crippen LogP contribution in [0.2, 0.25) is 0 Å². The summed E-state index contributed by atoms with van der Waals surface area (Å²) in [6.45, 7) is 3.37. The first-order valence-corrected chi connectivity index (χ1v) is 14.0. The highest BCUT2D eigenvalue weighted by Crippen LogP contribution is 2.39. The number of carbonyl (C=O) groups excluding carboxylic acids is 2. The summed E-state index contributed by atoms with van der Waals surface area (Å²) in [4.78, 5) is 27.0. The van der Waals surface area contributed by atoms with Crippen molar-refractivity contribution in [2.24, 2.45) is 17.8 Å². The molecule has 0 bridgehead atoms. The Morgan fingerprint density at radius 3 is 2.58 bits per heavy atom. The lowest BCUT2D eigenvalue weighted by Gasteiger charge is -2.35. The van der Waals surface area contributed by atoms with Gasteiger partial charge in [-0.25, -0.2) is 0 Å². The van der Waals surface area contributed by atoms with Gasteiger partial charge in [-0.15, -0.1) is 0 Å². The molecule has 1 aromatic carbocycles. The van der Waals surface area contributed by atoms with E-state index in [1.165, 1.54) is 23.1 Å². The number of hydrogen-bond acceptors (Lipinski definition) is 5. The van der Waals surface area contributed by atoms with Crippen molar-refractivity contribution in [3.63, 3.8) is 0 Å². The van der Waals surface area contributed by atoms with E-state index in [1.807, 2.05) is 6.92 Å². The molecule has 36 heavy (non-hydrogen) atoms. The van der Waals surface area contributed by atoms with E-state index in [4.69, 9.17) is 0 Å². The summed E-state index contributed by atoms with van der Waals surface area (Å²) in [7, 11) is 1.79. The Morgan fingerprint density at radius 1 is 1.06 bits per heavy atom. The zero-order valence-corrected chi connectivity index (χ0v) is 21.8. The first kappa shape index (κ1) is 25.4. The first-order valence-electron chi connectivity index (χ1n) is 14.0. The fourth-order valence-corrected chi connectivity index (χ4v) is 6.77. The number of carbonyl (C=O) groups is 2. The lowest BCUT2D eigenvalue weighted by atomic mass is 9.76. The molecule has 4 N–H and O–H groups in total. The minimum absolute atomic E-state index is 0.0773. The van der Waals surface area contributed by atoms with Gasteiger partial charge in [-0.2, -0.15) is 0 Å². The number of aryl methyl sites for hydroxylation is 1. The smallest absolute Gasteiger partial charge is 0.237 e. The Hall–Kier alpha value is -2.28. The van der Waals surface area contributed by atoms with Gasteiger partial charge in [-0.05, 0) is 68.2 Å². The highest BCUT2D eigenvalue weighted by atomic mass is 16.2. The van der Waals surface area contributed by atoms with Crippen LogP contribution in [0.15, 0.2) is 53.6 Å². The molecular weight excluding hydrogens is 448 g/mol. The van der Waals surface area contributed by atoms with E-state index in [2.05, 4.69) is 63.8 Å². The molecule has 5 rings (SSSR count). The number of benzene rings is 1. The van der Waals surface area contributed by atoms with Crippen LogP contribution in [0.1, 0.15) is 51.0 Å². The molecule has 1 amide bonds. The Balaban J connectivity index is 1.35. The second-order valence-electron chi connectivity index (χ2n) is 11.2. The molecular formula is C30H42N4O2. The van der Waals surface area contributed by atoms with Crippen LogP contribution in [-0.2, 0) is 16.0 Å².